The van der Waals surface area contributed by atoms with Crippen LogP contribution >= 0.6 is 0 Å². The molecular weight excluding hydrogens is 404 g/mol. The van der Waals surface area contributed by atoms with Crippen molar-refractivity contribution in [2.75, 3.05) is 39.4 Å². The third-order valence-corrected chi connectivity index (χ3v) is 6.33. The number of ether oxygens (including phenoxy) is 1. The average Bonchev–Trinajstić information content (AvgIpc) is 2.81. The zero-order valence-corrected chi connectivity index (χ0v) is 18.9. The van der Waals surface area contributed by atoms with Gasteiger partial charge in [-0.05, 0) is 50.6 Å². The number of nitrogens with one attached hydrogen (secondary N) is 1. The van der Waals surface area contributed by atoms with E-state index in [1.54, 1.807) is 6.92 Å². The van der Waals surface area contributed by atoms with Crippen molar-refractivity contribution >= 4 is 11.0 Å². The van der Waals surface area contributed by atoms with Crippen molar-refractivity contribution in [3.05, 3.63) is 74.6 Å². The first-order chi connectivity index (χ1) is 15.5. The van der Waals surface area contributed by atoms with E-state index in [-0.39, 0.29) is 11.4 Å². The van der Waals surface area contributed by atoms with Crippen LogP contribution in [0.15, 0.2) is 45.6 Å². The van der Waals surface area contributed by atoms with E-state index in [0.29, 0.717) is 29.7 Å². The highest BCUT2D eigenvalue weighted by Crippen LogP contribution is 2.32. The first-order valence-electron chi connectivity index (χ1n) is 11.4. The SMILES string of the molecule is Cc1c(Cc2ccccc2)c(=O)oc2c(C)c(O)c(CNCCCN3CCOCC3)cc12. The highest BCUT2D eigenvalue weighted by atomic mass is 16.5. The number of morpholine rings is 1. The summed E-state index contributed by atoms with van der Waals surface area (Å²) in [5.41, 5.74) is 4.21. The molecule has 2 aromatic carbocycles. The molecule has 0 bridgehead atoms. The van der Waals surface area contributed by atoms with Crippen LogP contribution in [-0.2, 0) is 17.7 Å². The Hall–Kier alpha value is -2.67. The summed E-state index contributed by atoms with van der Waals surface area (Å²) in [6.07, 6.45) is 1.57. The molecule has 1 aromatic heterocycles. The Morgan fingerprint density at radius 2 is 1.84 bits per heavy atom. The lowest BCUT2D eigenvalue weighted by molar-refractivity contribution is 0.0374. The number of nitrogens with zero attached hydrogens (tertiary/aromatic N) is 1. The highest BCUT2D eigenvalue weighted by Gasteiger charge is 2.18. The summed E-state index contributed by atoms with van der Waals surface area (Å²) in [6.45, 7) is 9.90. The maximum Gasteiger partial charge on any atom is 0.340 e. The number of hydrogen-bond donors (Lipinski definition) is 2. The van der Waals surface area contributed by atoms with Gasteiger partial charge in [0, 0.05) is 48.1 Å². The van der Waals surface area contributed by atoms with Crippen molar-refractivity contribution in [3.63, 3.8) is 0 Å². The normalized spacial score (nSPS) is 14.8. The molecule has 0 spiro atoms. The van der Waals surface area contributed by atoms with Crippen molar-refractivity contribution in [3.8, 4) is 5.75 Å². The van der Waals surface area contributed by atoms with Crippen molar-refractivity contribution in [2.24, 2.45) is 0 Å². The summed E-state index contributed by atoms with van der Waals surface area (Å²) in [7, 11) is 0. The Labute approximate surface area is 188 Å². The standard InChI is InChI=1S/C26H32N2O4/c1-18-22-16-21(17-27-9-6-10-28-11-13-31-14-12-28)24(29)19(2)25(22)32-26(30)23(18)15-20-7-4-3-5-8-20/h3-5,7-8,16,27,29H,6,9-15,17H2,1-2H3. The molecule has 1 aliphatic heterocycles. The smallest absolute Gasteiger partial charge is 0.340 e. The molecule has 4 rings (SSSR count). The maximum atomic E-state index is 12.7. The van der Waals surface area contributed by atoms with Crippen molar-refractivity contribution in [1.29, 1.82) is 0 Å². The van der Waals surface area contributed by atoms with Gasteiger partial charge in [-0.1, -0.05) is 30.3 Å². The molecule has 1 aliphatic rings. The van der Waals surface area contributed by atoms with Gasteiger partial charge in [-0.15, -0.1) is 0 Å². The zero-order chi connectivity index (χ0) is 22.5. The van der Waals surface area contributed by atoms with Gasteiger partial charge in [0.25, 0.3) is 0 Å². The molecule has 32 heavy (non-hydrogen) atoms. The van der Waals surface area contributed by atoms with Gasteiger partial charge in [0.15, 0.2) is 0 Å². The molecule has 0 radical (unpaired) electrons. The lowest BCUT2D eigenvalue weighted by Gasteiger charge is -2.26. The summed E-state index contributed by atoms with van der Waals surface area (Å²) in [6, 6.07) is 11.9. The highest BCUT2D eigenvalue weighted by molar-refractivity contribution is 5.86. The number of hydrogen-bond acceptors (Lipinski definition) is 6. The van der Waals surface area contributed by atoms with Gasteiger partial charge in [-0.2, -0.15) is 0 Å². The van der Waals surface area contributed by atoms with Crippen LogP contribution in [0.25, 0.3) is 11.0 Å². The van der Waals surface area contributed by atoms with Gasteiger partial charge in [0.1, 0.15) is 11.3 Å². The van der Waals surface area contributed by atoms with Crippen LogP contribution in [0.2, 0.25) is 0 Å². The van der Waals surface area contributed by atoms with Crippen LogP contribution < -0.4 is 10.9 Å². The average molecular weight is 437 g/mol. The first kappa shape index (κ1) is 22.5. The Kier molecular flexibility index (Phi) is 7.25. The monoisotopic (exact) mass is 436 g/mol. The van der Waals surface area contributed by atoms with Gasteiger partial charge < -0.3 is 19.6 Å². The van der Waals surface area contributed by atoms with Gasteiger partial charge in [0.05, 0.1) is 13.2 Å². The summed E-state index contributed by atoms with van der Waals surface area (Å²) in [5, 5.41) is 15.1. The lowest BCUT2D eigenvalue weighted by atomic mass is 9.96. The zero-order valence-electron chi connectivity index (χ0n) is 18.9. The number of aryl methyl sites for hydroxylation is 2. The van der Waals surface area contributed by atoms with Crippen LogP contribution in [0.3, 0.4) is 0 Å². The van der Waals surface area contributed by atoms with Gasteiger partial charge >= 0.3 is 5.63 Å². The van der Waals surface area contributed by atoms with E-state index in [1.165, 1.54) is 0 Å². The van der Waals surface area contributed by atoms with Crippen LogP contribution in [0.1, 0.15) is 34.2 Å². The third-order valence-electron chi connectivity index (χ3n) is 6.33. The van der Waals surface area contributed by atoms with E-state index >= 15 is 0 Å². The van der Waals surface area contributed by atoms with Gasteiger partial charge in [0.2, 0.25) is 0 Å². The number of phenolic OH excluding ortho intramolecular Hbond substituents is 1. The molecule has 170 valence electrons. The molecular formula is C26H32N2O4. The van der Waals surface area contributed by atoms with Gasteiger partial charge in [-0.3, -0.25) is 4.90 Å². The number of fused-ring (bicyclic) bond motifs is 1. The summed E-state index contributed by atoms with van der Waals surface area (Å²) >= 11 is 0. The number of phenols is 1. The fourth-order valence-corrected chi connectivity index (χ4v) is 4.35. The van der Waals surface area contributed by atoms with E-state index < -0.39 is 0 Å². The lowest BCUT2D eigenvalue weighted by Crippen LogP contribution is -2.37. The summed E-state index contributed by atoms with van der Waals surface area (Å²) in [5.74, 6) is 0.191. The van der Waals surface area contributed by atoms with Crippen LogP contribution in [0.4, 0.5) is 0 Å². The third kappa shape index (κ3) is 5.04. The van der Waals surface area contributed by atoms with E-state index in [2.05, 4.69) is 10.2 Å². The van der Waals surface area contributed by atoms with E-state index in [9.17, 15) is 9.90 Å². The maximum absolute atomic E-state index is 12.7. The van der Waals surface area contributed by atoms with E-state index in [1.807, 2.05) is 43.3 Å². The quantitative estimate of drug-likeness (QED) is 0.416. The molecule has 6 nitrogen and oxygen atoms in total. The molecule has 2 N–H and O–H groups in total. The van der Waals surface area contributed by atoms with Gasteiger partial charge in [-0.25, -0.2) is 4.79 Å². The Bertz CT molecular complexity index is 1120. The predicted molar refractivity (Wildman–Crippen MR) is 126 cm³/mol. The number of aromatic hydroxyl groups is 1. The van der Waals surface area contributed by atoms with Crippen molar-refractivity contribution < 1.29 is 14.3 Å². The molecule has 0 aliphatic carbocycles. The molecule has 1 fully saturated rings. The minimum absolute atomic E-state index is 0.191. The Balaban J connectivity index is 1.50. The Morgan fingerprint density at radius 1 is 1.09 bits per heavy atom. The first-order valence-corrected chi connectivity index (χ1v) is 11.4. The largest absolute Gasteiger partial charge is 0.507 e. The number of benzene rings is 2. The molecule has 0 unspecified atom stereocenters. The fourth-order valence-electron chi connectivity index (χ4n) is 4.35. The minimum atomic E-state index is -0.338. The summed E-state index contributed by atoms with van der Waals surface area (Å²) in [4.78, 5) is 15.1. The second-order valence-electron chi connectivity index (χ2n) is 8.53. The van der Waals surface area contributed by atoms with E-state index in [4.69, 9.17) is 9.15 Å². The van der Waals surface area contributed by atoms with Crippen molar-refractivity contribution in [1.82, 2.24) is 10.2 Å². The molecule has 0 amide bonds. The topological polar surface area (TPSA) is 74.9 Å². The summed E-state index contributed by atoms with van der Waals surface area (Å²) < 4.78 is 11.1. The molecule has 3 aromatic rings. The number of rotatable bonds is 8. The molecule has 0 atom stereocenters. The van der Waals surface area contributed by atoms with Crippen molar-refractivity contribution in [2.45, 2.75) is 33.2 Å². The second-order valence-corrected chi connectivity index (χ2v) is 8.53. The Morgan fingerprint density at radius 3 is 2.59 bits per heavy atom. The second kappa shape index (κ2) is 10.3. The van der Waals surface area contributed by atoms with E-state index in [0.717, 1.165) is 67.9 Å². The van der Waals surface area contributed by atoms with Crippen LogP contribution in [0.5, 0.6) is 5.75 Å². The molecule has 6 heteroatoms. The van der Waals surface area contributed by atoms with Crippen LogP contribution in [0, 0.1) is 13.8 Å². The molecule has 1 saturated heterocycles. The molecule has 2 heterocycles. The molecule has 0 saturated carbocycles. The predicted octanol–water partition coefficient (Wildman–Crippen LogP) is 3.52. The minimum Gasteiger partial charge on any atom is -0.507 e. The fraction of sp³-hybridized carbons (Fsp3) is 0.423. The van der Waals surface area contributed by atoms with Crippen LogP contribution in [-0.4, -0.2) is 49.4 Å².